The first-order chi connectivity index (χ1) is 13.2. The van der Waals surface area contributed by atoms with Gasteiger partial charge in [-0.2, -0.15) is 4.31 Å². The Bertz CT molecular complexity index is 976. The number of ether oxygens (including phenoxy) is 2. The van der Waals surface area contributed by atoms with Crippen molar-refractivity contribution in [3.05, 3.63) is 52.5 Å². The zero-order chi connectivity index (χ0) is 20.9. The van der Waals surface area contributed by atoms with E-state index in [0.717, 1.165) is 8.78 Å². The van der Waals surface area contributed by atoms with Crippen molar-refractivity contribution in [2.24, 2.45) is 0 Å². The maximum atomic E-state index is 12.6. The fourth-order valence-corrected chi connectivity index (χ4v) is 3.69. The van der Waals surface area contributed by atoms with Gasteiger partial charge in [0.05, 0.1) is 36.9 Å². The van der Waals surface area contributed by atoms with Crippen LogP contribution < -0.4 is 10.1 Å². The molecule has 8 nitrogen and oxygen atoms in total. The molecule has 150 valence electrons. The van der Waals surface area contributed by atoms with Crippen molar-refractivity contribution < 1.29 is 27.5 Å². The molecule has 0 aliphatic heterocycles. The van der Waals surface area contributed by atoms with Gasteiger partial charge in [0.2, 0.25) is 15.9 Å². The molecule has 0 aliphatic rings. The summed E-state index contributed by atoms with van der Waals surface area (Å²) in [5.74, 6) is -0.864. The topological polar surface area (TPSA) is 102 Å². The SMILES string of the molecule is COC(=O)c1cc(OC)ccc1NC(=O)CN(C)S(=O)(=O)c1ccc(Br)cc1. The molecule has 10 heteroatoms. The maximum Gasteiger partial charge on any atom is 0.340 e. The normalized spacial score (nSPS) is 11.2. The predicted molar refractivity (Wildman–Crippen MR) is 107 cm³/mol. The van der Waals surface area contributed by atoms with Crippen LogP contribution in [0.5, 0.6) is 5.75 Å². The third-order valence-electron chi connectivity index (χ3n) is 3.79. The minimum absolute atomic E-state index is 0.0608. The number of halogens is 1. The van der Waals surface area contributed by atoms with Crippen molar-refractivity contribution in [3.63, 3.8) is 0 Å². The van der Waals surface area contributed by atoms with E-state index < -0.39 is 28.4 Å². The number of nitrogens with one attached hydrogen (secondary N) is 1. The molecule has 0 unspecified atom stereocenters. The van der Waals surface area contributed by atoms with Crippen molar-refractivity contribution >= 4 is 43.5 Å². The smallest absolute Gasteiger partial charge is 0.340 e. The fraction of sp³-hybridized carbons (Fsp3) is 0.222. The van der Waals surface area contributed by atoms with E-state index in [-0.39, 0.29) is 16.1 Å². The highest BCUT2D eigenvalue weighted by molar-refractivity contribution is 9.10. The first kappa shape index (κ1) is 21.9. The molecule has 0 fully saturated rings. The first-order valence-corrected chi connectivity index (χ1v) is 10.2. The molecule has 1 amide bonds. The zero-order valence-electron chi connectivity index (χ0n) is 15.4. The number of methoxy groups -OCH3 is 2. The Kier molecular flexibility index (Phi) is 7.17. The molecule has 0 radical (unpaired) electrons. The van der Waals surface area contributed by atoms with Crippen molar-refractivity contribution in [2.45, 2.75) is 4.90 Å². The van der Waals surface area contributed by atoms with Gasteiger partial charge in [-0.05, 0) is 42.5 Å². The average Bonchev–Trinajstić information content (AvgIpc) is 2.67. The molecule has 2 aromatic carbocycles. The van der Waals surface area contributed by atoms with Gasteiger partial charge >= 0.3 is 5.97 Å². The lowest BCUT2D eigenvalue weighted by molar-refractivity contribution is -0.116. The van der Waals surface area contributed by atoms with Crippen LogP contribution in [-0.4, -0.2) is 52.4 Å². The minimum Gasteiger partial charge on any atom is -0.497 e. The van der Waals surface area contributed by atoms with Crippen LogP contribution in [0.15, 0.2) is 51.8 Å². The monoisotopic (exact) mass is 470 g/mol. The number of sulfonamides is 1. The Balaban J connectivity index is 2.17. The number of anilines is 1. The average molecular weight is 471 g/mol. The number of benzene rings is 2. The lowest BCUT2D eigenvalue weighted by Crippen LogP contribution is -2.35. The molecule has 0 aromatic heterocycles. The molecule has 28 heavy (non-hydrogen) atoms. The van der Waals surface area contributed by atoms with Gasteiger partial charge in [-0.25, -0.2) is 13.2 Å². The van der Waals surface area contributed by atoms with E-state index in [2.05, 4.69) is 21.2 Å². The van der Waals surface area contributed by atoms with E-state index >= 15 is 0 Å². The number of rotatable bonds is 7. The van der Waals surface area contributed by atoms with Gasteiger partial charge in [-0.1, -0.05) is 15.9 Å². The second kappa shape index (κ2) is 9.18. The summed E-state index contributed by atoms with van der Waals surface area (Å²) in [5, 5.41) is 2.53. The van der Waals surface area contributed by atoms with Crippen LogP contribution in [0.3, 0.4) is 0 Å². The number of amides is 1. The fourth-order valence-electron chi connectivity index (χ4n) is 2.30. The van der Waals surface area contributed by atoms with Gasteiger partial charge in [-0.15, -0.1) is 0 Å². The lowest BCUT2D eigenvalue weighted by atomic mass is 10.1. The van der Waals surface area contributed by atoms with Crippen LogP contribution in [0, 0.1) is 0 Å². The lowest BCUT2D eigenvalue weighted by Gasteiger charge is -2.18. The second-order valence-corrected chi connectivity index (χ2v) is 8.63. The summed E-state index contributed by atoms with van der Waals surface area (Å²) in [6.07, 6.45) is 0. The number of esters is 1. The number of carbonyl (C=O) groups excluding carboxylic acids is 2. The number of nitrogens with zero attached hydrogens (tertiary/aromatic N) is 1. The highest BCUT2D eigenvalue weighted by Gasteiger charge is 2.24. The van der Waals surface area contributed by atoms with Gasteiger partial charge in [-0.3, -0.25) is 4.79 Å². The molecule has 2 rings (SSSR count). The molecule has 1 N–H and O–H groups in total. The molecular formula is C18H19BrN2O6S. The standard InChI is InChI=1S/C18H19BrN2O6S/c1-21(28(24,25)14-7-4-12(19)5-8-14)11-17(22)20-16-9-6-13(26-2)10-15(16)18(23)27-3/h4-10H,11H2,1-3H3,(H,20,22). The quantitative estimate of drug-likeness (QED) is 0.623. The van der Waals surface area contributed by atoms with Crippen LogP contribution in [0.1, 0.15) is 10.4 Å². The van der Waals surface area contributed by atoms with E-state index in [1.807, 2.05) is 0 Å². The highest BCUT2D eigenvalue weighted by atomic mass is 79.9. The summed E-state index contributed by atoms with van der Waals surface area (Å²) in [6.45, 7) is -0.439. The molecular weight excluding hydrogens is 452 g/mol. The van der Waals surface area contributed by atoms with Crippen molar-refractivity contribution in [3.8, 4) is 5.75 Å². The van der Waals surface area contributed by atoms with E-state index in [1.165, 1.54) is 45.5 Å². The van der Waals surface area contributed by atoms with Crippen molar-refractivity contribution in [1.29, 1.82) is 0 Å². The number of likely N-dealkylation sites (N-methyl/N-ethyl adjacent to an activating group) is 1. The van der Waals surface area contributed by atoms with Gasteiger partial charge in [0, 0.05) is 11.5 Å². The third-order valence-corrected chi connectivity index (χ3v) is 6.14. The summed E-state index contributed by atoms with van der Waals surface area (Å²) < 4.78 is 36.6. The molecule has 0 saturated heterocycles. The molecule has 0 bridgehead atoms. The second-order valence-electron chi connectivity index (χ2n) is 5.67. The van der Waals surface area contributed by atoms with Gasteiger partial charge in [0.25, 0.3) is 0 Å². The summed E-state index contributed by atoms with van der Waals surface area (Å²) in [4.78, 5) is 24.4. The van der Waals surface area contributed by atoms with Gasteiger partial charge < -0.3 is 14.8 Å². The van der Waals surface area contributed by atoms with Crippen LogP contribution in [0.2, 0.25) is 0 Å². The van der Waals surface area contributed by atoms with E-state index in [1.54, 1.807) is 18.2 Å². The van der Waals surface area contributed by atoms with E-state index in [9.17, 15) is 18.0 Å². The molecule has 0 atom stereocenters. The highest BCUT2D eigenvalue weighted by Crippen LogP contribution is 2.23. The van der Waals surface area contributed by atoms with Crippen molar-refractivity contribution in [1.82, 2.24) is 4.31 Å². The largest absolute Gasteiger partial charge is 0.497 e. The first-order valence-electron chi connectivity index (χ1n) is 7.97. The van der Waals surface area contributed by atoms with Crippen LogP contribution >= 0.6 is 15.9 Å². The Morgan fingerprint density at radius 1 is 1.11 bits per heavy atom. The minimum atomic E-state index is -3.84. The van der Waals surface area contributed by atoms with E-state index in [0.29, 0.717) is 5.75 Å². The number of carbonyl (C=O) groups is 2. The van der Waals surface area contributed by atoms with E-state index in [4.69, 9.17) is 9.47 Å². The Labute approximate surface area is 171 Å². The molecule has 0 saturated carbocycles. The predicted octanol–water partition coefficient (Wildman–Crippen LogP) is 2.50. The van der Waals surface area contributed by atoms with Gasteiger partial charge in [0.15, 0.2) is 0 Å². The summed E-state index contributed by atoms with van der Waals surface area (Å²) in [5.41, 5.74) is 0.278. The third kappa shape index (κ3) is 5.09. The molecule has 0 heterocycles. The zero-order valence-corrected chi connectivity index (χ0v) is 17.8. The van der Waals surface area contributed by atoms with Gasteiger partial charge in [0.1, 0.15) is 5.75 Å². The molecule has 0 aliphatic carbocycles. The van der Waals surface area contributed by atoms with Crippen LogP contribution in [-0.2, 0) is 19.6 Å². The van der Waals surface area contributed by atoms with Crippen LogP contribution in [0.4, 0.5) is 5.69 Å². The summed E-state index contributed by atoms with van der Waals surface area (Å²) in [7, 11) is 0.108. The number of hydrogen-bond donors (Lipinski definition) is 1. The summed E-state index contributed by atoms with van der Waals surface area (Å²) >= 11 is 3.24. The van der Waals surface area contributed by atoms with Crippen molar-refractivity contribution in [2.75, 3.05) is 33.1 Å². The maximum absolute atomic E-state index is 12.6. The Morgan fingerprint density at radius 2 is 1.75 bits per heavy atom. The Hall–Kier alpha value is -2.43. The molecule has 2 aromatic rings. The molecule has 0 spiro atoms. The number of hydrogen-bond acceptors (Lipinski definition) is 6. The summed E-state index contributed by atoms with van der Waals surface area (Å²) in [6, 6.07) is 10.5. The van der Waals surface area contributed by atoms with Crippen LogP contribution in [0.25, 0.3) is 0 Å². The Morgan fingerprint density at radius 3 is 2.32 bits per heavy atom.